The Balaban J connectivity index is 1.48. The molecule has 28 heavy (non-hydrogen) atoms. The average Bonchev–Trinajstić information content (AvgIpc) is 3.18. The van der Waals surface area contributed by atoms with Crippen LogP contribution < -0.4 is 0 Å². The summed E-state index contributed by atoms with van der Waals surface area (Å²) < 4.78 is 10.8. The highest BCUT2D eigenvalue weighted by molar-refractivity contribution is 5.89. The molecule has 1 aromatic rings. The van der Waals surface area contributed by atoms with E-state index in [4.69, 9.17) is 9.15 Å². The van der Waals surface area contributed by atoms with Gasteiger partial charge in [0.2, 0.25) is 0 Å². The molecular formula is C25H34O3. The molecule has 3 heteroatoms. The number of carbonyl (C=O) groups is 1. The van der Waals surface area contributed by atoms with Crippen LogP contribution in [0.25, 0.3) is 0 Å². The number of hydrogen-bond donors (Lipinski definition) is 0. The molecule has 0 radical (unpaired) electrons. The number of carbonyl (C=O) groups excluding carboxylic acids is 1. The van der Waals surface area contributed by atoms with Crippen molar-refractivity contribution in [1.29, 1.82) is 0 Å². The standard InChI is InChI=1S/C25H34O3/c1-17-7-9-20-21(6-5-13-24(20,2)3)25(17,4)14-11-18-8-10-22(28-23(18)26)19-12-15-27-16-19/h8-9,12,15-17,21-22H,5-7,10-11,13-14H2,1-4H3/t17-,21-,22+,25-/m0/s1. The Kier molecular flexibility index (Phi) is 5.05. The smallest absolute Gasteiger partial charge is 0.334 e. The predicted octanol–water partition coefficient (Wildman–Crippen LogP) is 6.77. The number of fused-ring (bicyclic) bond motifs is 1. The average molecular weight is 383 g/mol. The topological polar surface area (TPSA) is 39.4 Å². The lowest BCUT2D eigenvalue weighted by molar-refractivity contribution is -0.146. The SMILES string of the molecule is C[C@H]1CC=C2[C@H](CCCC2(C)C)[C@@]1(C)CCC1=CC[C@H](c2ccoc2)OC1=O. The largest absolute Gasteiger partial charge is 0.472 e. The van der Waals surface area contributed by atoms with Crippen molar-refractivity contribution in [1.82, 2.24) is 0 Å². The van der Waals surface area contributed by atoms with Gasteiger partial charge in [0.25, 0.3) is 0 Å². The third-order valence-electron chi connectivity index (χ3n) is 8.00. The molecule has 1 aromatic heterocycles. The molecule has 3 nitrogen and oxygen atoms in total. The number of allylic oxidation sites excluding steroid dienone is 2. The van der Waals surface area contributed by atoms with Gasteiger partial charge in [0.15, 0.2) is 0 Å². The lowest BCUT2D eigenvalue weighted by Gasteiger charge is -2.53. The zero-order valence-corrected chi connectivity index (χ0v) is 17.8. The molecule has 0 amide bonds. The molecule has 1 fully saturated rings. The summed E-state index contributed by atoms with van der Waals surface area (Å²) in [4.78, 5) is 12.6. The number of cyclic esters (lactones) is 1. The minimum Gasteiger partial charge on any atom is -0.472 e. The molecule has 0 spiro atoms. The van der Waals surface area contributed by atoms with Crippen LogP contribution in [0.4, 0.5) is 0 Å². The fraction of sp³-hybridized carbons (Fsp3) is 0.640. The van der Waals surface area contributed by atoms with Crippen LogP contribution in [0.15, 0.2) is 46.3 Å². The summed E-state index contributed by atoms with van der Waals surface area (Å²) in [5, 5.41) is 0. The van der Waals surface area contributed by atoms with Gasteiger partial charge >= 0.3 is 5.97 Å². The minimum absolute atomic E-state index is 0.149. The molecule has 0 N–H and O–H groups in total. The summed E-state index contributed by atoms with van der Waals surface area (Å²) in [6.07, 6.45) is 15.4. The van der Waals surface area contributed by atoms with E-state index in [2.05, 4.69) is 39.8 Å². The number of rotatable bonds is 4. The Morgan fingerprint density at radius 2 is 2.00 bits per heavy atom. The second-order valence-corrected chi connectivity index (χ2v) is 10.0. The van der Waals surface area contributed by atoms with E-state index < -0.39 is 0 Å². The van der Waals surface area contributed by atoms with Crippen LogP contribution in [-0.4, -0.2) is 5.97 Å². The molecule has 4 rings (SSSR count). The Hall–Kier alpha value is -1.77. The molecule has 2 heterocycles. The number of ether oxygens (including phenoxy) is 1. The summed E-state index contributed by atoms with van der Waals surface area (Å²) >= 11 is 0. The summed E-state index contributed by atoms with van der Waals surface area (Å²) in [5.41, 5.74) is 4.06. The van der Waals surface area contributed by atoms with E-state index in [0.717, 1.165) is 36.8 Å². The molecular weight excluding hydrogens is 348 g/mol. The van der Waals surface area contributed by atoms with Gasteiger partial charge in [-0.05, 0) is 60.8 Å². The molecule has 2 aliphatic carbocycles. The van der Waals surface area contributed by atoms with Crippen molar-refractivity contribution in [3.8, 4) is 0 Å². The first-order valence-corrected chi connectivity index (χ1v) is 10.9. The maximum absolute atomic E-state index is 12.6. The first kappa shape index (κ1) is 19.5. The van der Waals surface area contributed by atoms with E-state index in [0.29, 0.717) is 17.3 Å². The second-order valence-electron chi connectivity index (χ2n) is 10.0. The van der Waals surface area contributed by atoms with E-state index in [9.17, 15) is 4.79 Å². The number of esters is 1. The summed E-state index contributed by atoms with van der Waals surface area (Å²) in [6.45, 7) is 9.70. The highest BCUT2D eigenvalue weighted by atomic mass is 16.5. The van der Waals surface area contributed by atoms with E-state index in [1.807, 2.05) is 6.07 Å². The van der Waals surface area contributed by atoms with Gasteiger partial charge in [0, 0.05) is 17.6 Å². The van der Waals surface area contributed by atoms with Crippen molar-refractivity contribution in [3.63, 3.8) is 0 Å². The molecule has 0 aromatic carbocycles. The Morgan fingerprint density at radius 1 is 1.18 bits per heavy atom. The second kappa shape index (κ2) is 7.24. The number of hydrogen-bond acceptors (Lipinski definition) is 3. The van der Waals surface area contributed by atoms with Gasteiger partial charge in [0.1, 0.15) is 6.10 Å². The van der Waals surface area contributed by atoms with Gasteiger partial charge in [-0.25, -0.2) is 4.79 Å². The van der Waals surface area contributed by atoms with Crippen LogP contribution in [0.2, 0.25) is 0 Å². The zero-order chi connectivity index (χ0) is 19.9. The van der Waals surface area contributed by atoms with Gasteiger partial charge in [0.05, 0.1) is 12.5 Å². The highest BCUT2D eigenvalue weighted by Gasteiger charge is 2.48. The summed E-state index contributed by atoms with van der Waals surface area (Å²) in [5.74, 6) is 1.15. The molecule has 3 aliphatic rings. The third kappa shape index (κ3) is 3.38. The first-order valence-electron chi connectivity index (χ1n) is 10.9. The van der Waals surface area contributed by atoms with Gasteiger partial charge < -0.3 is 9.15 Å². The van der Waals surface area contributed by atoms with Crippen molar-refractivity contribution in [2.75, 3.05) is 0 Å². The van der Waals surface area contributed by atoms with Gasteiger partial charge in [-0.1, -0.05) is 51.8 Å². The van der Waals surface area contributed by atoms with Crippen molar-refractivity contribution in [3.05, 3.63) is 47.5 Å². The first-order chi connectivity index (χ1) is 13.3. The summed E-state index contributed by atoms with van der Waals surface area (Å²) in [7, 11) is 0. The van der Waals surface area contributed by atoms with E-state index in [1.165, 1.54) is 19.3 Å². The normalized spacial score (nSPS) is 34.9. The lowest BCUT2D eigenvalue weighted by Crippen LogP contribution is -2.43. The molecule has 0 saturated heterocycles. The van der Waals surface area contributed by atoms with Crippen LogP contribution in [-0.2, 0) is 9.53 Å². The van der Waals surface area contributed by atoms with Crippen molar-refractivity contribution >= 4 is 5.97 Å². The van der Waals surface area contributed by atoms with Crippen molar-refractivity contribution < 1.29 is 13.9 Å². The van der Waals surface area contributed by atoms with Gasteiger partial charge in [-0.2, -0.15) is 0 Å². The summed E-state index contributed by atoms with van der Waals surface area (Å²) in [6, 6.07) is 1.88. The van der Waals surface area contributed by atoms with E-state index in [1.54, 1.807) is 18.1 Å². The van der Waals surface area contributed by atoms with E-state index in [-0.39, 0.29) is 17.5 Å². The predicted molar refractivity (Wildman–Crippen MR) is 111 cm³/mol. The minimum atomic E-state index is -0.201. The van der Waals surface area contributed by atoms with Crippen LogP contribution in [0.1, 0.15) is 84.3 Å². The zero-order valence-electron chi connectivity index (χ0n) is 17.8. The van der Waals surface area contributed by atoms with E-state index >= 15 is 0 Å². The molecule has 152 valence electrons. The van der Waals surface area contributed by atoms with Crippen LogP contribution in [0, 0.1) is 22.7 Å². The Morgan fingerprint density at radius 3 is 2.71 bits per heavy atom. The van der Waals surface area contributed by atoms with Crippen molar-refractivity contribution in [2.24, 2.45) is 22.7 Å². The van der Waals surface area contributed by atoms with Gasteiger partial charge in [-0.15, -0.1) is 0 Å². The Labute approximate surface area is 169 Å². The Bertz CT molecular complexity index is 783. The lowest BCUT2D eigenvalue weighted by atomic mass is 9.52. The fourth-order valence-corrected chi connectivity index (χ4v) is 5.82. The van der Waals surface area contributed by atoms with Crippen LogP contribution >= 0.6 is 0 Å². The van der Waals surface area contributed by atoms with Crippen molar-refractivity contribution in [2.45, 2.75) is 78.7 Å². The fourth-order valence-electron chi connectivity index (χ4n) is 5.82. The van der Waals surface area contributed by atoms with Crippen LogP contribution in [0.3, 0.4) is 0 Å². The maximum Gasteiger partial charge on any atom is 0.334 e. The van der Waals surface area contributed by atoms with Gasteiger partial charge in [-0.3, -0.25) is 0 Å². The molecule has 0 unspecified atom stereocenters. The third-order valence-corrected chi connectivity index (χ3v) is 8.00. The molecule has 0 bridgehead atoms. The molecule has 1 aliphatic heterocycles. The quantitative estimate of drug-likeness (QED) is 0.426. The highest BCUT2D eigenvalue weighted by Crippen LogP contribution is 2.58. The molecule has 1 saturated carbocycles. The number of furan rings is 1. The van der Waals surface area contributed by atoms with Crippen LogP contribution in [0.5, 0.6) is 0 Å². The maximum atomic E-state index is 12.6. The monoisotopic (exact) mass is 382 g/mol. The molecule has 4 atom stereocenters.